The number of nitrogen functional groups attached to an aromatic ring is 1. The molecule has 1 amide bonds. The molecule has 0 spiro atoms. The Balaban J connectivity index is 0.000000220. The Kier molecular flexibility index (Phi) is 6.54. The lowest BCUT2D eigenvalue weighted by atomic mass is 10.3. The van der Waals surface area contributed by atoms with Crippen LogP contribution in [0, 0.1) is 0 Å². The lowest BCUT2D eigenvalue weighted by molar-refractivity contribution is -0.129. The second kappa shape index (κ2) is 8.15. The van der Waals surface area contributed by atoms with Gasteiger partial charge >= 0.3 is 5.97 Å². The molecule has 0 aliphatic carbocycles. The van der Waals surface area contributed by atoms with Crippen molar-refractivity contribution in [3.8, 4) is 0 Å². The van der Waals surface area contributed by atoms with E-state index in [4.69, 9.17) is 23.2 Å². The van der Waals surface area contributed by atoms with E-state index in [0.29, 0.717) is 23.6 Å². The molecule has 1 aromatic rings. The molecular weight excluding hydrogens is 308 g/mol. The first-order valence-corrected chi connectivity index (χ1v) is 6.74. The summed E-state index contributed by atoms with van der Waals surface area (Å²) < 4.78 is 0. The normalized spacial score (nSPS) is 13.5. The Hall–Kier alpha value is -2.39. The maximum Gasteiger partial charge on any atom is 0.337 e. The number of likely N-dealkylation sites (tertiary alicyclic amines) is 1. The van der Waals surface area contributed by atoms with Gasteiger partial charge in [-0.2, -0.15) is 0 Å². The molecule has 118 valence electrons. The zero-order valence-electron chi connectivity index (χ0n) is 11.9. The van der Waals surface area contributed by atoms with E-state index in [-0.39, 0.29) is 23.8 Å². The summed E-state index contributed by atoms with van der Waals surface area (Å²) in [6.45, 7) is 1.60. The molecule has 0 unspecified atom stereocenters. The molecule has 0 saturated carbocycles. The van der Waals surface area contributed by atoms with Crippen LogP contribution in [-0.2, 0) is 9.59 Å². The summed E-state index contributed by atoms with van der Waals surface area (Å²) in [6, 6.07) is 2.91. The minimum atomic E-state index is -0.999. The number of ketones is 1. The van der Waals surface area contributed by atoms with Crippen LogP contribution in [0.2, 0.25) is 0 Å². The molecule has 0 aromatic carbocycles. The molecule has 0 radical (unpaired) electrons. The zero-order chi connectivity index (χ0) is 16.7. The van der Waals surface area contributed by atoms with E-state index in [1.165, 1.54) is 30.2 Å². The molecule has 9 heteroatoms. The monoisotopic (exact) mass is 324 g/mol. The quantitative estimate of drug-likeness (QED) is 0.417. The molecule has 1 aliphatic rings. The van der Waals surface area contributed by atoms with Gasteiger partial charge in [0.1, 0.15) is 11.6 Å². The molecule has 4 N–H and O–H groups in total. The fraction of sp³-hybridized carbons (Fsp3) is 0.308. The third kappa shape index (κ3) is 5.19. The van der Waals surface area contributed by atoms with E-state index in [1.54, 1.807) is 0 Å². The average molecular weight is 324 g/mol. The number of hydrazine groups is 1. The molecule has 0 bridgehead atoms. The van der Waals surface area contributed by atoms with Crippen LogP contribution in [0.3, 0.4) is 0 Å². The van der Waals surface area contributed by atoms with Gasteiger partial charge in [-0.1, -0.05) is 12.2 Å². The van der Waals surface area contributed by atoms with Crippen molar-refractivity contribution in [2.45, 2.75) is 19.8 Å². The summed E-state index contributed by atoms with van der Waals surface area (Å²) >= 11 is 4.89. The summed E-state index contributed by atoms with van der Waals surface area (Å²) in [4.78, 5) is 37.6. The Morgan fingerprint density at radius 1 is 1.45 bits per heavy atom. The van der Waals surface area contributed by atoms with Crippen LogP contribution in [0.1, 0.15) is 30.1 Å². The van der Waals surface area contributed by atoms with Gasteiger partial charge in [0.05, 0.1) is 17.1 Å². The van der Waals surface area contributed by atoms with E-state index in [1.807, 2.05) is 0 Å². The van der Waals surface area contributed by atoms with Crippen molar-refractivity contribution in [2.75, 3.05) is 12.0 Å². The highest BCUT2D eigenvalue weighted by Crippen LogP contribution is 2.12. The van der Waals surface area contributed by atoms with Gasteiger partial charge in [0.15, 0.2) is 0 Å². The highest BCUT2D eigenvalue weighted by molar-refractivity contribution is 7.80. The zero-order valence-corrected chi connectivity index (χ0v) is 12.7. The van der Waals surface area contributed by atoms with Crippen LogP contribution in [-0.4, -0.2) is 44.2 Å². The molecule has 1 saturated heterocycles. The van der Waals surface area contributed by atoms with E-state index < -0.39 is 5.97 Å². The molecule has 8 nitrogen and oxygen atoms in total. The van der Waals surface area contributed by atoms with Crippen LogP contribution in [0.5, 0.6) is 0 Å². The fourth-order valence-corrected chi connectivity index (χ4v) is 1.90. The number of hydrogen-bond acceptors (Lipinski definition) is 7. The number of Topliss-reactive ketones (excluding diaryl/α,β-unsaturated/α-hetero) is 1. The van der Waals surface area contributed by atoms with Gasteiger partial charge in [-0.15, -0.1) is 0 Å². The first-order valence-electron chi connectivity index (χ1n) is 6.33. The summed E-state index contributed by atoms with van der Waals surface area (Å²) in [6.07, 6.45) is 2.32. The van der Waals surface area contributed by atoms with Gasteiger partial charge in [-0.25, -0.2) is 15.6 Å². The summed E-state index contributed by atoms with van der Waals surface area (Å²) in [5.41, 5.74) is 2.43. The fourth-order valence-electron chi connectivity index (χ4n) is 1.63. The number of nitrogens with two attached hydrogens (primary N) is 1. The van der Waals surface area contributed by atoms with Gasteiger partial charge < -0.3 is 10.5 Å². The second-order valence-electron chi connectivity index (χ2n) is 4.46. The number of carbonyl (C=O) groups is 3. The molecule has 2 heterocycles. The SMILES string of the molecule is CC(=O)CN1C(=O)CCC1=S.NNc1ccc(C(=O)O)cn1. The number of carbonyl (C=O) groups excluding carboxylic acids is 2. The number of pyridine rings is 1. The van der Waals surface area contributed by atoms with Gasteiger partial charge in [0.2, 0.25) is 5.91 Å². The average Bonchev–Trinajstić information content (AvgIpc) is 2.79. The standard InChI is InChI=1S/C7H9NO2S.C6H7N3O2/c1-5(9)4-8-6(10)2-3-7(8)11;7-9-5-2-1-4(3-8-5)6(10)11/h2-4H2,1H3;1-3H,7H2,(H,8,9)(H,10,11). The highest BCUT2D eigenvalue weighted by atomic mass is 32.1. The Morgan fingerprint density at radius 2 is 2.14 bits per heavy atom. The number of aromatic nitrogens is 1. The molecule has 1 aliphatic heterocycles. The van der Waals surface area contributed by atoms with E-state index >= 15 is 0 Å². The predicted octanol–water partition coefficient (Wildman–Crippen LogP) is 0.591. The number of amides is 1. The predicted molar refractivity (Wildman–Crippen MR) is 83.2 cm³/mol. The lowest BCUT2D eigenvalue weighted by Crippen LogP contribution is -2.32. The highest BCUT2D eigenvalue weighted by Gasteiger charge is 2.25. The minimum Gasteiger partial charge on any atom is -0.478 e. The number of carboxylic acids is 1. The van der Waals surface area contributed by atoms with Crippen molar-refractivity contribution in [2.24, 2.45) is 5.84 Å². The van der Waals surface area contributed by atoms with Crippen molar-refractivity contribution in [3.63, 3.8) is 0 Å². The number of rotatable bonds is 4. The maximum atomic E-state index is 11.0. The summed E-state index contributed by atoms with van der Waals surface area (Å²) in [7, 11) is 0. The third-order valence-corrected chi connectivity index (χ3v) is 3.12. The number of hydrogen-bond donors (Lipinski definition) is 3. The Bertz CT molecular complexity index is 572. The number of anilines is 1. The van der Waals surface area contributed by atoms with E-state index in [0.717, 1.165) is 0 Å². The topological polar surface area (TPSA) is 126 Å². The van der Waals surface area contributed by atoms with Crippen molar-refractivity contribution >= 4 is 40.7 Å². The van der Waals surface area contributed by atoms with Crippen LogP contribution >= 0.6 is 12.2 Å². The minimum absolute atomic E-state index is 0.0230. The van der Waals surface area contributed by atoms with Gasteiger partial charge in [0.25, 0.3) is 0 Å². The lowest BCUT2D eigenvalue weighted by Gasteiger charge is -2.12. The molecule has 1 aromatic heterocycles. The number of aromatic carboxylic acids is 1. The van der Waals surface area contributed by atoms with Crippen LogP contribution < -0.4 is 11.3 Å². The molecule has 0 atom stereocenters. The largest absolute Gasteiger partial charge is 0.478 e. The molecule has 2 rings (SSSR count). The summed E-state index contributed by atoms with van der Waals surface area (Å²) in [5, 5.41) is 8.46. The Labute approximate surface area is 132 Å². The van der Waals surface area contributed by atoms with Crippen LogP contribution in [0.15, 0.2) is 18.3 Å². The number of nitrogens with zero attached hydrogens (tertiary/aromatic N) is 2. The third-order valence-electron chi connectivity index (χ3n) is 2.69. The molecular formula is C13H16N4O4S. The first-order chi connectivity index (χ1) is 10.3. The van der Waals surface area contributed by atoms with Crippen molar-refractivity contribution in [1.82, 2.24) is 9.88 Å². The van der Waals surface area contributed by atoms with Crippen LogP contribution in [0.25, 0.3) is 0 Å². The van der Waals surface area contributed by atoms with Gasteiger partial charge in [0, 0.05) is 19.0 Å². The summed E-state index contributed by atoms with van der Waals surface area (Å²) in [5.74, 6) is 4.41. The smallest absolute Gasteiger partial charge is 0.337 e. The van der Waals surface area contributed by atoms with Crippen LogP contribution in [0.4, 0.5) is 5.82 Å². The first kappa shape index (κ1) is 17.7. The van der Waals surface area contributed by atoms with Crippen molar-refractivity contribution in [1.29, 1.82) is 0 Å². The number of nitrogens with one attached hydrogen (secondary N) is 1. The van der Waals surface area contributed by atoms with E-state index in [2.05, 4.69) is 10.4 Å². The van der Waals surface area contributed by atoms with Gasteiger partial charge in [-0.3, -0.25) is 14.5 Å². The Morgan fingerprint density at radius 3 is 2.50 bits per heavy atom. The van der Waals surface area contributed by atoms with E-state index in [9.17, 15) is 14.4 Å². The number of thiocarbonyl (C=S) groups is 1. The molecule has 1 fully saturated rings. The second-order valence-corrected chi connectivity index (χ2v) is 4.93. The van der Waals surface area contributed by atoms with Gasteiger partial charge in [-0.05, 0) is 19.1 Å². The van der Waals surface area contributed by atoms with Crippen molar-refractivity contribution in [3.05, 3.63) is 23.9 Å². The molecule has 22 heavy (non-hydrogen) atoms. The number of carboxylic acid groups (broad SMARTS) is 1. The maximum absolute atomic E-state index is 11.0. The van der Waals surface area contributed by atoms with Crippen molar-refractivity contribution < 1.29 is 19.5 Å².